The summed E-state index contributed by atoms with van der Waals surface area (Å²) >= 11 is 0. The van der Waals surface area contributed by atoms with Crippen LogP contribution in [0.4, 0.5) is 10.5 Å². The van der Waals surface area contributed by atoms with Gasteiger partial charge in [0.05, 0.1) is 18.4 Å². The molecule has 3 aromatic rings. The Morgan fingerprint density at radius 2 is 1.76 bits per heavy atom. The molecule has 5 rings (SSSR count). The molecule has 1 fully saturated rings. The Balaban J connectivity index is 1.36. The lowest BCUT2D eigenvalue weighted by atomic mass is 10.1. The van der Waals surface area contributed by atoms with Gasteiger partial charge >= 0.3 is 12.0 Å². The van der Waals surface area contributed by atoms with Crippen molar-refractivity contribution in [1.29, 1.82) is 0 Å². The van der Waals surface area contributed by atoms with E-state index in [2.05, 4.69) is 5.32 Å². The standard InChI is InChI=1S/C27H20N2O9/c1-35-22-11-16(4-8-20(22)36-13-15-2-5-17(6-3-15)26(32)33)10-19-24(30)28-27(34)29(25(19)31)18-7-9-21-23(12-18)38-14-37-21/h2-12H,13-14H2,1H3,(H,32,33)(H,28,30,34). The van der Waals surface area contributed by atoms with Gasteiger partial charge in [0.1, 0.15) is 12.2 Å². The van der Waals surface area contributed by atoms with E-state index in [0.29, 0.717) is 28.6 Å². The van der Waals surface area contributed by atoms with Gasteiger partial charge in [-0.15, -0.1) is 0 Å². The molecule has 11 nitrogen and oxygen atoms in total. The van der Waals surface area contributed by atoms with E-state index in [-0.39, 0.29) is 30.2 Å². The first-order valence-corrected chi connectivity index (χ1v) is 11.3. The molecule has 38 heavy (non-hydrogen) atoms. The van der Waals surface area contributed by atoms with Gasteiger partial charge in [0.15, 0.2) is 23.0 Å². The molecule has 4 amide bonds. The molecule has 0 aliphatic carbocycles. The van der Waals surface area contributed by atoms with Gasteiger partial charge in [-0.25, -0.2) is 14.5 Å². The van der Waals surface area contributed by atoms with Crippen LogP contribution in [0.3, 0.4) is 0 Å². The number of carbonyl (C=O) groups is 4. The van der Waals surface area contributed by atoms with Crippen molar-refractivity contribution < 1.29 is 43.2 Å². The summed E-state index contributed by atoms with van der Waals surface area (Å²) in [6.07, 6.45) is 1.35. The molecule has 2 aliphatic heterocycles. The van der Waals surface area contributed by atoms with Crippen LogP contribution in [0.2, 0.25) is 0 Å². The first-order valence-electron chi connectivity index (χ1n) is 11.3. The Hall–Kier alpha value is -5.32. The lowest BCUT2D eigenvalue weighted by molar-refractivity contribution is -0.122. The lowest BCUT2D eigenvalue weighted by Gasteiger charge is -2.26. The van der Waals surface area contributed by atoms with Crippen LogP contribution in [-0.4, -0.2) is 42.8 Å². The topological polar surface area (TPSA) is 141 Å². The number of hydrogen-bond donors (Lipinski definition) is 2. The summed E-state index contributed by atoms with van der Waals surface area (Å²) in [5.74, 6) is -1.05. The Labute approximate surface area is 215 Å². The minimum Gasteiger partial charge on any atom is -0.493 e. The lowest BCUT2D eigenvalue weighted by Crippen LogP contribution is -2.54. The summed E-state index contributed by atoms with van der Waals surface area (Å²) in [7, 11) is 1.44. The fraction of sp³-hybridized carbons (Fsp3) is 0.111. The zero-order chi connectivity index (χ0) is 26.8. The predicted molar refractivity (Wildman–Crippen MR) is 132 cm³/mol. The summed E-state index contributed by atoms with van der Waals surface area (Å²) < 4.78 is 21.8. The number of anilines is 1. The maximum atomic E-state index is 13.2. The molecule has 192 valence electrons. The van der Waals surface area contributed by atoms with Crippen molar-refractivity contribution in [3.63, 3.8) is 0 Å². The number of carbonyl (C=O) groups excluding carboxylic acids is 3. The van der Waals surface area contributed by atoms with E-state index in [1.165, 1.54) is 37.5 Å². The number of methoxy groups -OCH3 is 1. The van der Waals surface area contributed by atoms with Gasteiger partial charge in [-0.3, -0.25) is 14.9 Å². The monoisotopic (exact) mass is 516 g/mol. The summed E-state index contributed by atoms with van der Waals surface area (Å²) in [5, 5.41) is 11.2. The number of nitrogens with zero attached hydrogens (tertiary/aromatic N) is 1. The third-order valence-corrected chi connectivity index (χ3v) is 5.81. The number of barbiturate groups is 1. The molecule has 0 radical (unpaired) electrons. The van der Waals surface area contributed by atoms with Crippen molar-refractivity contribution >= 4 is 35.6 Å². The van der Waals surface area contributed by atoms with Gasteiger partial charge in [-0.05, 0) is 53.6 Å². The molecule has 2 N–H and O–H groups in total. The molecule has 0 aromatic heterocycles. The normalized spacial score (nSPS) is 15.4. The number of rotatable bonds is 7. The molecule has 0 bridgehead atoms. The van der Waals surface area contributed by atoms with Gasteiger partial charge in [0.2, 0.25) is 6.79 Å². The number of nitrogens with one attached hydrogen (secondary N) is 1. The third-order valence-electron chi connectivity index (χ3n) is 5.81. The van der Waals surface area contributed by atoms with E-state index < -0.39 is 23.8 Å². The number of ether oxygens (including phenoxy) is 4. The number of amides is 4. The quantitative estimate of drug-likeness (QED) is 0.357. The van der Waals surface area contributed by atoms with Gasteiger partial charge in [0, 0.05) is 6.07 Å². The number of carboxylic acids is 1. The number of carboxylic acid groups (broad SMARTS) is 1. The minimum atomic E-state index is -1.02. The number of hydrogen-bond acceptors (Lipinski definition) is 8. The fourth-order valence-electron chi connectivity index (χ4n) is 3.88. The predicted octanol–water partition coefficient (Wildman–Crippen LogP) is 3.37. The van der Waals surface area contributed by atoms with Crippen LogP contribution in [0.5, 0.6) is 23.0 Å². The van der Waals surface area contributed by atoms with Crippen molar-refractivity contribution in [2.75, 3.05) is 18.8 Å². The van der Waals surface area contributed by atoms with Crippen molar-refractivity contribution in [3.8, 4) is 23.0 Å². The highest BCUT2D eigenvalue weighted by molar-refractivity contribution is 6.39. The molecule has 3 aromatic carbocycles. The number of aromatic carboxylic acids is 1. The maximum Gasteiger partial charge on any atom is 0.335 e. The van der Waals surface area contributed by atoms with Gasteiger partial charge in [-0.1, -0.05) is 18.2 Å². The van der Waals surface area contributed by atoms with Gasteiger partial charge in [-0.2, -0.15) is 0 Å². The van der Waals surface area contributed by atoms with Crippen LogP contribution >= 0.6 is 0 Å². The van der Waals surface area contributed by atoms with Crippen molar-refractivity contribution in [2.45, 2.75) is 6.61 Å². The van der Waals surface area contributed by atoms with Gasteiger partial charge < -0.3 is 24.1 Å². The van der Waals surface area contributed by atoms with Gasteiger partial charge in [0.25, 0.3) is 11.8 Å². The first-order chi connectivity index (χ1) is 18.3. The molecular weight excluding hydrogens is 496 g/mol. The number of fused-ring (bicyclic) bond motifs is 1. The largest absolute Gasteiger partial charge is 0.493 e. The van der Waals surface area contributed by atoms with E-state index in [9.17, 15) is 19.2 Å². The molecule has 0 saturated carbocycles. The molecule has 0 atom stereocenters. The van der Waals surface area contributed by atoms with Crippen molar-refractivity contribution in [2.24, 2.45) is 0 Å². The first kappa shape index (κ1) is 24.4. The average molecular weight is 516 g/mol. The smallest absolute Gasteiger partial charge is 0.335 e. The molecule has 1 saturated heterocycles. The average Bonchev–Trinajstić information content (AvgIpc) is 3.38. The van der Waals surface area contributed by atoms with E-state index in [4.69, 9.17) is 24.1 Å². The Morgan fingerprint density at radius 3 is 2.50 bits per heavy atom. The second-order valence-corrected chi connectivity index (χ2v) is 8.20. The Bertz CT molecular complexity index is 1490. The summed E-state index contributed by atoms with van der Waals surface area (Å²) in [5.41, 5.74) is 1.34. The van der Waals surface area contributed by atoms with Crippen LogP contribution < -0.4 is 29.2 Å². The van der Waals surface area contributed by atoms with Crippen LogP contribution in [0, 0.1) is 0 Å². The molecular formula is C27H20N2O9. The Morgan fingerprint density at radius 1 is 1.00 bits per heavy atom. The summed E-state index contributed by atoms with van der Waals surface area (Å²) in [4.78, 5) is 50.1. The van der Waals surface area contributed by atoms with Crippen LogP contribution in [-0.2, 0) is 16.2 Å². The van der Waals surface area contributed by atoms with E-state index in [0.717, 1.165) is 10.5 Å². The number of imide groups is 2. The van der Waals surface area contributed by atoms with Crippen LogP contribution in [0.25, 0.3) is 6.08 Å². The highest BCUT2D eigenvalue weighted by atomic mass is 16.7. The number of benzene rings is 3. The highest BCUT2D eigenvalue weighted by Crippen LogP contribution is 2.36. The second-order valence-electron chi connectivity index (χ2n) is 8.20. The zero-order valence-electron chi connectivity index (χ0n) is 19.9. The minimum absolute atomic E-state index is 0.0289. The maximum absolute atomic E-state index is 13.2. The molecule has 11 heteroatoms. The van der Waals surface area contributed by atoms with Crippen LogP contribution in [0.15, 0.2) is 66.2 Å². The molecule has 0 spiro atoms. The van der Waals surface area contributed by atoms with E-state index in [1.54, 1.807) is 36.4 Å². The SMILES string of the molecule is COc1cc(C=C2C(=O)NC(=O)N(c3ccc4c(c3)OCO4)C2=O)ccc1OCc1ccc(C(=O)O)cc1. The highest BCUT2D eigenvalue weighted by Gasteiger charge is 2.37. The summed E-state index contributed by atoms with van der Waals surface area (Å²) in [6.45, 7) is 0.186. The molecule has 2 heterocycles. The number of urea groups is 1. The van der Waals surface area contributed by atoms with E-state index in [1.807, 2.05) is 0 Å². The van der Waals surface area contributed by atoms with Crippen molar-refractivity contribution in [3.05, 3.63) is 82.9 Å². The second kappa shape index (κ2) is 9.97. The van der Waals surface area contributed by atoms with E-state index >= 15 is 0 Å². The third kappa shape index (κ3) is 4.72. The summed E-state index contributed by atoms with van der Waals surface area (Å²) in [6, 6.07) is 14.8. The van der Waals surface area contributed by atoms with Crippen molar-refractivity contribution in [1.82, 2.24) is 5.32 Å². The zero-order valence-corrected chi connectivity index (χ0v) is 19.9. The molecule has 2 aliphatic rings. The molecule has 0 unspecified atom stereocenters. The Kier molecular flexibility index (Phi) is 6.40. The fourth-order valence-corrected chi connectivity index (χ4v) is 3.88. The van der Waals surface area contributed by atoms with Crippen LogP contribution in [0.1, 0.15) is 21.5 Å².